The lowest BCUT2D eigenvalue weighted by Crippen LogP contribution is -2.46. The maximum absolute atomic E-state index is 12.1. The Morgan fingerprint density at radius 3 is 2.37 bits per heavy atom. The van der Waals surface area contributed by atoms with Crippen molar-refractivity contribution in [2.45, 2.75) is 38.7 Å². The summed E-state index contributed by atoms with van der Waals surface area (Å²) in [4.78, 5) is 27.2. The molecule has 1 N–H and O–H groups in total. The average molecular weight is 268 g/mol. The molecule has 5 nitrogen and oxygen atoms in total. The summed E-state index contributed by atoms with van der Waals surface area (Å²) < 4.78 is 0. The maximum atomic E-state index is 12.1. The van der Waals surface area contributed by atoms with Gasteiger partial charge in [-0.25, -0.2) is 0 Å². The number of nitrogens with zero attached hydrogens (tertiary/aromatic N) is 2. The second-order valence-electron chi connectivity index (χ2n) is 5.77. The van der Waals surface area contributed by atoms with Gasteiger partial charge in [-0.2, -0.15) is 0 Å². The smallest absolute Gasteiger partial charge is 0.236 e. The molecular weight excluding hydrogens is 244 g/mol. The topological polar surface area (TPSA) is 60.9 Å². The molecule has 2 heterocycles. The normalized spacial score (nSPS) is 24.5. The predicted octanol–water partition coefficient (Wildman–Crippen LogP) is 0.271. The van der Waals surface area contributed by atoms with E-state index >= 15 is 0 Å². The first-order valence-electron chi connectivity index (χ1n) is 7.26. The second kappa shape index (κ2) is 6.48. The van der Waals surface area contributed by atoms with Gasteiger partial charge in [-0.1, -0.05) is 0 Å². The minimum Gasteiger partial charge on any atom is -0.393 e. The van der Waals surface area contributed by atoms with Crippen molar-refractivity contribution < 1.29 is 14.7 Å². The molecular formula is C14H24N2O3. The van der Waals surface area contributed by atoms with Gasteiger partial charge < -0.3 is 10.0 Å². The van der Waals surface area contributed by atoms with E-state index in [0.717, 1.165) is 25.9 Å². The maximum Gasteiger partial charge on any atom is 0.236 e. The second-order valence-corrected chi connectivity index (χ2v) is 5.77. The van der Waals surface area contributed by atoms with Gasteiger partial charge >= 0.3 is 0 Å². The number of likely N-dealkylation sites (tertiary alicyclic amines) is 2. The van der Waals surface area contributed by atoms with Crippen molar-refractivity contribution in [3.63, 3.8) is 0 Å². The van der Waals surface area contributed by atoms with Crippen LogP contribution < -0.4 is 0 Å². The Morgan fingerprint density at radius 1 is 1.26 bits per heavy atom. The van der Waals surface area contributed by atoms with E-state index < -0.39 is 0 Å². The first-order chi connectivity index (χ1) is 9.06. The van der Waals surface area contributed by atoms with Crippen LogP contribution in [0.5, 0.6) is 0 Å². The minimum atomic E-state index is -0.244. The summed E-state index contributed by atoms with van der Waals surface area (Å²) in [5, 5.41) is 9.55. The van der Waals surface area contributed by atoms with Crippen LogP contribution in [0.25, 0.3) is 0 Å². The molecule has 0 radical (unpaired) electrons. The van der Waals surface area contributed by atoms with Gasteiger partial charge in [0.25, 0.3) is 0 Å². The third-order valence-electron chi connectivity index (χ3n) is 4.35. The van der Waals surface area contributed by atoms with E-state index in [2.05, 4.69) is 4.90 Å². The zero-order valence-corrected chi connectivity index (χ0v) is 11.7. The molecule has 2 fully saturated rings. The number of rotatable bonds is 3. The fourth-order valence-corrected chi connectivity index (χ4v) is 2.89. The first-order valence-corrected chi connectivity index (χ1v) is 7.26. The summed E-state index contributed by atoms with van der Waals surface area (Å²) >= 11 is 0. The summed E-state index contributed by atoms with van der Waals surface area (Å²) in [5.74, 6) is 0.781. The van der Waals surface area contributed by atoms with E-state index in [-0.39, 0.29) is 17.8 Å². The Hall–Kier alpha value is -0.940. The Balaban J connectivity index is 1.73. The van der Waals surface area contributed by atoms with Crippen LogP contribution in [0.1, 0.15) is 32.6 Å². The van der Waals surface area contributed by atoms with Crippen LogP contribution in [0, 0.1) is 5.92 Å². The molecule has 0 aromatic heterocycles. The molecule has 2 saturated heterocycles. The van der Waals surface area contributed by atoms with Crippen LogP contribution in [0.15, 0.2) is 0 Å². The zero-order valence-electron chi connectivity index (χ0n) is 11.7. The standard InChI is InChI=1S/C14H24N2O3/c1-11(17)12-2-6-15(7-3-12)10-14(19)16-8-4-13(18)5-9-16/h11-12,17H,2-10H2,1H3. The van der Waals surface area contributed by atoms with Gasteiger partial charge in [0, 0.05) is 25.9 Å². The van der Waals surface area contributed by atoms with E-state index in [1.807, 2.05) is 11.8 Å². The van der Waals surface area contributed by atoms with Gasteiger partial charge in [0.05, 0.1) is 12.6 Å². The minimum absolute atomic E-state index is 0.142. The van der Waals surface area contributed by atoms with Gasteiger partial charge in [0.2, 0.25) is 5.91 Å². The third kappa shape index (κ3) is 4.01. The van der Waals surface area contributed by atoms with Crippen LogP contribution >= 0.6 is 0 Å². The molecule has 19 heavy (non-hydrogen) atoms. The molecule has 0 aromatic carbocycles. The molecule has 2 rings (SSSR count). The number of ketones is 1. The summed E-state index contributed by atoms with van der Waals surface area (Å²) in [5.41, 5.74) is 0. The SMILES string of the molecule is CC(O)C1CCN(CC(=O)N2CCC(=O)CC2)CC1. The van der Waals surface area contributed by atoms with E-state index in [4.69, 9.17) is 0 Å². The number of piperidine rings is 2. The molecule has 2 aliphatic heterocycles. The van der Waals surface area contributed by atoms with Gasteiger partial charge in [-0.3, -0.25) is 14.5 Å². The molecule has 1 unspecified atom stereocenters. The van der Waals surface area contributed by atoms with Crippen molar-refractivity contribution in [3.8, 4) is 0 Å². The predicted molar refractivity (Wildman–Crippen MR) is 71.7 cm³/mol. The highest BCUT2D eigenvalue weighted by atomic mass is 16.3. The van der Waals surface area contributed by atoms with Crippen LogP contribution in [0.3, 0.4) is 0 Å². The van der Waals surface area contributed by atoms with Crippen molar-refractivity contribution >= 4 is 11.7 Å². The lowest BCUT2D eigenvalue weighted by atomic mass is 9.92. The first kappa shape index (κ1) is 14.5. The highest BCUT2D eigenvalue weighted by molar-refractivity contribution is 5.84. The molecule has 0 saturated carbocycles. The van der Waals surface area contributed by atoms with Crippen LogP contribution in [-0.4, -0.2) is 65.4 Å². The third-order valence-corrected chi connectivity index (χ3v) is 4.35. The highest BCUT2D eigenvalue weighted by Gasteiger charge is 2.26. The Morgan fingerprint density at radius 2 is 1.84 bits per heavy atom. The van der Waals surface area contributed by atoms with E-state index in [1.54, 1.807) is 0 Å². The number of carbonyl (C=O) groups is 2. The van der Waals surface area contributed by atoms with E-state index in [1.165, 1.54) is 0 Å². The molecule has 0 aliphatic carbocycles. The van der Waals surface area contributed by atoms with Crippen molar-refractivity contribution in [2.24, 2.45) is 5.92 Å². The zero-order chi connectivity index (χ0) is 13.8. The Labute approximate surface area is 114 Å². The van der Waals surface area contributed by atoms with Crippen LogP contribution in [0.2, 0.25) is 0 Å². The van der Waals surface area contributed by atoms with Gasteiger partial charge in [-0.05, 0) is 38.8 Å². The van der Waals surface area contributed by atoms with Gasteiger partial charge in [0.1, 0.15) is 5.78 Å². The van der Waals surface area contributed by atoms with Crippen molar-refractivity contribution in [1.82, 2.24) is 9.80 Å². The largest absolute Gasteiger partial charge is 0.393 e. The molecule has 0 aromatic rings. The molecule has 1 atom stereocenters. The summed E-state index contributed by atoms with van der Waals surface area (Å²) in [6.45, 7) is 5.24. The summed E-state index contributed by atoms with van der Waals surface area (Å²) in [7, 11) is 0. The summed E-state index contributed by atoms with van der Waals surface area (Å²) in [6.07, 6.45) is 2.70. The van der Waals surface area contributed by atoms with E-state index in [9.17, 15) is 14.7 Å². The van der Waals surface area contributed by atoms with Crippen LogP contribution in [0.4, 0.5) is 0 Å². The molecule has 2 aliphatic rings. The van der Waals surface area contributed by atoms with Crippen molar-refractivity contribution in [3.05, 3.63) is 0 Å². The molecule has 0 bridgehead atoms. The number of amides is 1. The molecule has 108 valence electrons. The highest BCUT2D eigenvalue weighted by Crippen LogP contribution is 2.20. The van der Waals surface area contributed by atoms with Crippen molar-refractivity contribution in [2.75, 3.05) is 32.7 Å². The number of hydrogen-bond acceptors (Lipinski definition) is 4. The number of carbonyl (C=O) groups excluding carboxylic acids is 2. The Bertz CT molecular complexity index is 326. The van der Waals surface area contributed by atoms with Crippen LogP contribution in [-0.2, 0) is 9.59 Å². The lowest BCUT2D eigenvalue weighted by Gasteiger charge is -2.34. The fraction of sp³-hybridized carbons (Fsp3) is 0.857. The quantitative estimate of drug-likeness (QED) is 0.798. The number of aliphatic hydroxyl groups is 1. The Kier molecular flexibility index (Phi) is 4.93. The lowest BCUT2D eigenvalue weighted by molar-refractivity contribution is -0.135. The van der Waals surface area contributed by atoms with Gasteiger partial charge in [0.15, 0.2) is 0 Å². The average Bonchev–Trinajstić information content (AvgIpc) is 2.40. The van der Waals surface area contributed by atoms with E-state index in [0.29, 0.717) is 38.4 Å². The fourth-order valence-electron chi connectivity index (χ4n) is 2.89. The number of hydrogen-bond donors (Lipinski definition) is 1. The molecule has 5 heteroatoms. The van der Waals surface area contributed by atoms with Gasteiger partial charge in [-0.15, -0.1) is 0 Å². The monoisotopic (exact) mass is 268 g/mol. The molecule has 1 amide bonds. The summed E-state index contributed by atoms with van der Waals surface area (Å²) in [6, 6.07) is 0. The van der Waals surface area contributed by atoms with Crippen molar-refractivity contribution in [1.29, 1.82) is 0 Å². The number of aliphatic hydroxyl groups excluding tert-OH is 1. The number of Topliss-reactive ketones (excluding diaryl/α,β-unsaturated/α-hetero) is 1. The molecule has 0 spiro atoms.